The lowest BCUT2D eigenvalue weighted by atomic mass is 10.1. The molecule has 0 radical (unpaired) electrons. The second-order valence-electron chi connectivity index (χ2n) is 4.61. The second-order valence-corrected chi connectivity index (χ2v) is 4.61. The summed E-state index contributed by atoms with van der Waals surface area (Å²) in [7, 11) is 1.28. The van der Waals surface area contributed by atoms with Crippen LogP contribution in [0.5, 0.6) is 0 Å². The van der Waals surface area contributed by atoms with Gasteiger partial charge >= 0.3 is 5.97 Å². The van der Waals surface area contributed by atoms with Crippen LogP contribution in [0.25, 0.3) is 0 Å². The van der Waals surface area contributed by atoms with Gasteiger partial charge in [0.1, 0.15) is 6.04 Å². The Bertz CT molecular complexity index is 540. The second kappa shape index (κ2) is 9.33. The Balaban J connectivity index is 2.59. The Labute approximate surface area is 129 Å². The summed E-state index contributed by atoms with van der Waals surface area (Å²) in [5.74, 6) is -1.08. The van der Waals surface area contributed by atoms with E-state index in [1.165, 1.54) is 26.2 Å². The summed E-state index contributed by atoms with van der Waals surface area (Å²) in [5, 5.41) is 5.26. The van der Waals surface area contributed by atoms with E-state index in [9.17, 15) is 14.4 Å². The molecule has 6 heteroatoms. The fourth-order valence-corrected chi connectivity index (χ4v) is 1.81. The highest BCUT2D eigenvalue weighted by atomic mass is 16.5. The van der Waals surface area contributed by atoms with Crippen molar-refractivity contribution < 1.29 is 19.1 Å². The van der Waals surface area contributed by atoms with E-state index >= 15 is 0 Å². The number of methoxy groups -OCH3 is 1. The minimum Gasteiger partial charge on any atom is -0.466 e. The molecule has 2 N–H and O–H groups in total. The van der Waals surface area contributed by atoms with E-state index in [1.807, 2.05) is 30.3 Å². The smallest absolute Gasteiger partial charge is 0.330 e. The number of esters is 1. The standard InChI is InChI=1S/C16H20N2O4/c1-12(19)18-14(11-13-7-4-3-5-8-13)16(21)17-10-6-9-15(20)22-2/h3-9,14H,10-11H2,1-2H3,(H,17,21)(H,18,19)/b9-6+. The first-order valence-electron chi connectivity index (χ1n) is 6.86. The maximum absolute atomic E-state index is 12.1. The molecule has 0 saturated carbocycles. The molecule has 0 heterocycles. The van der Waals surface area contributed by atoms with Crippen molar-refractivity contribution in [2.24, 2.45) is 0 Å². The third-order valence-electron chi connectivity index (χ3n) is 2.83. The Hall–Kier alpha value is -2.63. The lowest BCUT2D eigenvalue weighted by molar-refractivity contribution is -0.134. The molecule has 6 nitrogen and oxygen atoms in total. The van der Waals surface area contributed by atoms with Gasteiger partial charge in [-0.3, -0.25) is 9.59 Å². The molecule has 0 aliphatic rings. The summed E-state index contributed by atoms with van der Waals surface area (Å²) < 4.78 is 4.44. The highest BCUT2D eigenvalue weighted by molar-refractivity contribution is 5.87. The molecule has 118 valence electrons. The number of rotatable bonds is 7. The summed E-state index contributed by atoms with van der Waals surface area (Å²) in [6.07, 6.45) is 3.11. The van der Waals surface area contributed by atoms with Crippen molar-refractivity contribution in [2.45, 2.75) is 19.4 Å². The predicted molar refractivity (Wildman–Crippen MR) is 81.9 cm³/mol. The molecule has 0 spiro atoms. The topological polar surface area (TPSA) is 84.5 Å². The average molecular weight is 304 g/mol. The number of hydrogen-bond donors (Lipinski definition) is 2. The van der Waals surface area contributed by atoms with E-state index < -0.39 is 12.0 Å². The molecule has 1 atom stereocenters. The molecule has 0 bridgehead atoms. The Morgan fingerprint density at radius 1 is 1.23 bits per heavy atom. The summed E-state index contributed by atoms with van der Waals surface area (Å²) >= 11 is 0. The van der Waals surface area contributed by atoms with Crippen LogP contribution < -0.4 is 10.6 Å². The van der Waals surface area contributed by atoms with Crippen molar-refractivity contribution in [3.63, 3.8) is 0 Å². The van der Waals surface area contributed by atoms with Gasteiger partial charge in [-0.1, -0.05) is 36.4 Å². The van der Waals surface area contributed by atoms with E-state index in [-0.39, 0.29) is 18.4 Å². The van der Waals surface area contributed by atoms with E-state index in [1.54, 1.807) is 0 Å². The van der Waals surface area contributed by atoms with Crippen molar-refractivity contribution in [2.75, 3.05) is 13.7 Å². The van der Waals surface area contributed by atoms with Crippen LogP contribution in [0.1, 0.15) is 12.5 Å². The van der Waals surface area contributed by atoms with Gasteiger partial charge in [-0.15, -0.1) is 0 Å². The summed E-state index contributed by atoms with van der Waals surface area (Å²) in [6, 6.07) is 8.74. The lowest BCUT2D eigenvalue weighted by Gasteiger charge is -2.17. The Kier molecular flexibility index (Phi) is 7.39. The zero-order valence-electron chi connectivity index (χ0n) is 12.7. The van der Waals surface area contributed by atoms with E-state index in [0.717, 1.165) is 5.56 Å². The maximum atomic E-state index is 12.1. The van der Waals surface area contributed by atoms with Gasteiger partial charge in [0.2, 0.25) is 11.8 Å². The number of carbonyl (C=O) groups excluding carboxylic acids is 3. The first-order valence-corrected chi connectivity index (χ1v) is 6.86. The minimum atomic E-state index is -0.661. The Morgan fingerprint density at radius 2 is 1.91 bits per heavy atom. The summed E-state index contributed by atoms with van der Waals surface area (Å²) in [4.78, 5) is 34.3. The van der Waals surface area contributed by atoms with Crippen LogP contribution in [0, 0.1) is 0 Å². The summed E-state index contributed by atoms with van der Waals surface area (Å²) in [5.41, 5.74) is 0.946. The third kappa shape index (κ3) is 6.69. The zero-order valence-corrected chi connectivity index (χ0v) is 12.7. The quantitative estimate of drug-likeness (QED) is 0.570. The van der Waals surface area contributed by atoms with Gasteiger partial charge in [-0.25, -0.2) is 4.79 Å². The van der Waals surface area contributed by atoms with Gasteiger partial charge < -0.3 is 15.4 Å². The number of benzene rings is 1. The predicted octanol–water partition coefficient (Wildman–Crippen LogP) is 0.579. The molecule has 0 aliphatic heterocycles. The number of hydrogen-bond acceptors (Lipinski definition) is 4. The highest BCUT2D eigenvalue weighted by Gasteiger charge is 2.19. The highest BCUT2D eigenvalue weighted by Crippen LogP contribution is 2.03. The number of ether oxygens (including phenoxy) is 1. The zero-order chi connectivity index (χ0) is 16.4. The van der Waals surface area contributed by atoms with Gasteiger partial charge in [0.15, 0.2) is 0 Å². The first-order chi connectivity index (χ1) is 10.5. The van der Waals surface area contributed by atoms with Crippen LogP contribution >= 0.6 is 0 Å². The number of nitrogens with one attached hydrogen (secondary N) is 2. The molecule has 22 heavy (non-hydrogen) atoms. The summed E-state index contributed by atoms with van der Waals surface area (Å²) in [6.45, 7) is 1.54. The van der Waals surface area contributed by atoms with E-state index in [4.69, 9.17) is 0 Å². The molecule has 1 rings (SSSR count). The Morgan fingerprint density at radius 3 is 2.50 bits per heavy atom. The number of amides is 2. The van der Waals surface area contributed by atoms with Gasteiger partial charge in [0, 0.05) is 26.0 Å². The maximum Gasteiger partial charge on any atom is 0.330 e. The van der Waals surface area contributed by atoms with Crippen molar-refractivity contribution in [3.8, 4) is 0 Å². The average Bonchev–Trinajstić information content (AvgIpc) is 2.51. The molecule has 0 aliphatic carbocycles. The first kappa shape index (κ1) is 17.4. The number of carbonyl (C=O) groups is 3. The molecule has 1 aromatic carbocycles. The van der Waals surface area contributed by atoms with Crippen LogP contribution in [-0.4, -0.2) is 37.5 Å². The van der Waals surface area contributed by atoms with Crippen molar-refractivity contribution >= 4 is 17.8 Å². The molecular formula is C16H20N2O4. The molecular weight excluding hydrogens is 284 g/mol. The molecule has 1 aromatic rings. The minimum absolute atomic E-state index is 0.179. The van der Waals surface area contributed by atoms with Crippen molar-refractivity contribution in [1.82, 2.24) is 10.6 Å². The normalized spacial score (nSPS) is 11.7. The van der Waals surface area contributed by atoms with Crippen LogP contribution in [-0.2, 0) is 25.5 Å². The van der Waals surface area contributed by atoms with Crippen LogP contribution in [0.2, 0.25) is 0 Å². The van der Waals surface area contributed by atoms with Gasteiger partial charge in [-0.2, -0.15) is 0 Å². The van der Waals surface area contributed by atoms with Crippen LogP contribution in [0.4, 0.5) is 0 Å². The lowest BCUT2D eigenvalue weighted by Crippen LogP contribution is -2.47. The van der Waals surface area contributed by atoms with Crippen molar-refractivity contribution in [1.29, 1.82) is 0 Å². The van der Waals surface area contributed by atoms with Crippen LogP contribution in [0.3, 0.4) is 0 Å². The SMILES string of the molecule is COC(=O)/C=C/CNC(=O)C(Cc1ccccc1)NC(C)=O. The van der Waals surface area contributed by atoms with Gasteiger partial charge in [-0.05, 0) is 5.56 Å². The van der Waals surface area contributed by atoms with Crippen LogP contribution in [0.15, 0.2) is 42.5 Å². The fraction of sp³-hybridized carbons (Fsp3) is 0.312. The van der Waals surface area contributed by atoms with Gasteiger partial charge in [0.25, 0.3) is 0 Å². The monoisotopic (exact) mass is 304 g/mol. The third-order valence-corrected chi connectivity index (χ3v) is 2.83. The molecule has 0 aromatic heterocycles. The molecule has 1 unspecified atom stereocenters. The van der Waals surface area contributed by atoms with E-state index in [2.05, 4.69) is 15.4 Å². The van der Waals surface area contributed by atoms with E-state index in [0.29, 0.717) is 6.42 Å². The fourth-order valence-electron chi connectivity index (χ4n) is 1.81. The van der Waals surface area contributed by atoms with Crippen molar-refractivity contribution in [3.05, 3.63) is 48.0 Å². The largest absolute Gasteiger partial charge is 0.466 e. The molecule has 2 amide bonds. The van der Waals surface area contributed by atoms with Gasteiger partial charge in [0.05, 0.1) is 7.11 Å². The molecule has 0 saturated heterocycles. The molecule has 0 fully saturated rings.